The zero-order valence-electron chi connectivity index (χ0n) is 12.9. The molecule has 126 valence electrons. The molecule has 0 aliphatic heterocycles. The molecule has 7 heteroatoms. The lowest BCUT2D eigenvalue weighted by Crippen LogP contribution is -2.07. The largest absolute Gasteiger partial charge is 0.436 e. The number of benzene rings is 2. The minimum Gasteiger partial charge on any atom is -0.436 e. The molecular weight excluding hydrogens is 331 g/mol. The second-order valence-corrected chi connectivity index (χ2v) is 5.61. The number of hydrogen-bond donors (Lipinski definition) is 0. The zero-order valence-corrected chi connectivity index (χ0v) is 12.9. The fourth-order valence-corrected chi connectivity index (χ4v) is 2.59. The Kier molecular flexibility index (Phi) is 3.56. The molecule has 0 amide bonds. The van der Waals surface area contributed by atoms with Crippen molar-refractivity contribution in [3.05, 3.63) is 72.1 Å². The van der Waals surface area contributed by atoms with E-state index in [4.69, 9.17) is 4.42 Å². The van der Waals surface area contributed by atoms with Gasteiger partial charge in [-0.3, -0.25) is 4.68 Å². The van der Waals surface area contributed by atoms with E-state index < -0.39 is 11.7 Å². The highest BCUT2D eigenvalue weighted by Gasteiger charge is 2.30. The monoisotopic (exact) mass is 343 g/mol. The lowest BCUT2D eigenvalue weighted by atomic mass is 10.1. The van der Waals surface area contributed by atoms with Gasteiger partial charge in [0, 0.05) is 6.20 Å². The Morgan fingerprint density at radius 1 is 1.04 bits per heavy atom. The van der Waals surface area contributed by atoms with Gasteiger partial charge in [0.25, 0.3) is 0 Å². The quantitative estimate of drug-likeness (QED) is 0.539. The molecule has 0 unspecified atom stereocenters. The molecule has 0 aliphatic carbocycles. The fraction of sp³-hybridized carbons (Fsp3) is 0.111. The average Bonchev–Trinajstić information content (AvgIpc) is 3.20. The summed E-state index contributed by atoms with van der Waals surface area (Å²) in [5.74, 6) is 0.427. The molecule has 0 atom stereocenters. The molecule has 4 rings (SSSR count). The van der Waals surface area contributed by atoms with Gasteiger partial charge in [-0.05, 0) is 29.8 Å². The van der Waals surface area contributed by atoms with Gasteiger partial charge in [0.1, 0.15) is 5.52 Å². The van der Waals surface area contributed by atoms with Gasteiger partial charge >= 0.3 is 6.18 Å². The van der Waals surface area contributed by atoms with Crippen LogP contribution in [0.5, 0.6) is 0 Å². The summed E-state index contributed by atoms with van der Waals surface area (Å²) in [7, 11) is 0. The Morgan fingerprint density at radius 2 is 1.88 bits per heavy atom. The summed E-state index contributed by atoms with van der Waals surface area (Å²) < 4.78 is 45.6. The van der Waals surface area contributed by atoms with Gasteiger partial charge in [-0.1, -0.05) is 24.3 Å². The van der Waals surface area contributed by atoms with Gasteiger partial charge in [-0.15, -0.1) is 0 Å². The van der Waals surface area contributed by atoms with Gasteiger partial charge in [-0.25, -0.2) is 4.98 Å². The van der Waals surface area contributed by atoms with Crippen LogP contribution in [0.2, 0.25) is 0 Å². The van der Waals surface area contributed by atoms with Crippen molar-refractivity contribution in [2.45, 2.75) is 12.7 Å². The summed E-state index contributed by atoms with van der Waals surface area (Å²) in [6.07, 6.45) is -1.08. The molecule has 0 fully saturated rings. The van der Waals surface area contributed by atoms with Crippen LogP contribution >= 0.6 is 0 Å². The molecule has 0 saturated heterocycles. The van der Waals surface area contributed by atoms with Crippen molar-refractivity contribution in [3.8, 4) is 11.5 Å². The van der Waals surface area contributed by atoms with Crippen molar-refractivity contribution >= 4 is 11.1 Å². The fourth-order valence-electron chi connectivity index (χ4n) is 2.59. The number of oxazole rings is 1. The summed E-state index contributed by atoms with van der Waals surface area (Å²) in [5, 5.41) is 4.19. The van der Waals surface area contributed by atoms with Gasteiger partial charge in [0.15, 0.2) is 5.58 Å². The second kappa shape index (κ2) is 5.77. The third kappa shape index (κ3) is 3.13. The molecule has 2 aromatic heterocycles. The predicted molar refractivity (Wildman–Crippen MR) is 85.8 cm³/mol. The topological polar surface area (TPSA) is 43.9 Å². The van der Waals surface area contributed by atoms with Gasteiger partial charge in [-0.2, -0.15) is 18.3 Å². The summed E-state index contributed by atoms with van der Waals surface area (Å²) in [5.41, 5.74) is 1.92. The van der Waals surface area contributed by atoms with Crippen LogP contribution in [0.4, 0.5) is 13.2 Å². The Bertz CT molecular complexity index is 1000. The van der Waals surface area contributed by atoms with Crippen molar-refractivity contribution in [2.75, 3.05) is 0 Å². The van der Waals surface area contributed by atoms with Crippen LogP contribution in [0.15, 0.2) is 65.3 Å². The van der Waals surface area contributed by atoms with E-state index in [0.717, 1.165) is 17.6 Å². The molecule has 0 radical (unpaired) electrons. The predicted octanol–water partition coefficient (Wildman–Crippen LogP) is 4.76. The number of halogens is 3. The van der Waals surface area contributed by atoms with E-state index in [2.05, 4.69) is 10.1 Å². The lowest BCUT2D eigenvalue weighted by molar-refractivity contribution is -0.137. The Morgan fingerprint density at radius 3 is 2.68 bits per heavy atom. The Labute approximate surface area is 140 Å². The van der Waals surface area contributed by atoms with E-state index in [-0.39, 0.29) is 6.54 Å². The highest BCUT2D eigenvalue weighted by molar-refractivity contribution is 5.75. The molecular formula is C18H12F3N3O. The smallest absolute Gasteiger partial charge is 0.416 e. The third-order valence-corrected chi connectivity index (χ3v) is 3.77. The zero-order chi connectivity index (χ0) is 17.4. The normalized spacial score (nSPS) is 12.0. The number of fused-ring (bicyclic) bond motifs is 1. The second-order valence-electron chi connectivity index (χ2n) is 5.61. The number of aromatic nitrogens is 3. The molecule has 0 saturated carbocycles. The maximum atomic E-state index is 12.8. The SMILES string of the molecule is FC(F)(F)c1cccc(Cn2cc(-c3nc4ccccc4o3)cn2)c1. The molecule has 0 bridgehead atoms. The van der Waals surface area contributed by atoms with Gasteiger partial charge in [0.05, 0.1) is 23.9 Å². The third-order valence-electron chi connectivity index (χ3n) is 3.77. The Balaban J connectivity index is 1.59. The summed E-state index contributed by atoms with van der Waals surface area (Å²) >= 11 is 0. The Hall–Kier alpha value is -3.09. The summed E-state index contributed by atoms with van der Waals surface area (Å²) in [4.78, 5) is 4.38. The molecule has 4 aromatic rings. The minimum absolute atomic E-state index is 0.226. The summed E-state index contributed by atoms with van der Waals surface area (Å²) in [6, 6.07) is 12.6. The molecule has 2 aromatic carbocycles. The van der Waals surface area contributed by atoms with E-state index in [9.17, 15) is 13.2 Å². The first-order valence-electron chi connectivity index (χ1n) is 7.53. The molecule has 0 N–H and O–H groups in total. The van der Waals surface area contributed by atoms with Crippen LogP contribution in [0.3, 0.4) is 0 Å². The average molecular weight is 343 g/mol. The van der Waals surface area contributed by atoms with Crippen LogP contribution in [-0.2, 0) is 12.7 Å². The van der Waals surface area contributed by atoms with Crippen molar-refractivity contribution in [1.82, 2.24) is 14.8 Å². The first-order valence-corrected chi connectivity index (χ1v) is 7.53. The standard InChI is InChI=1S/C18H12F3N3O/c19-18(20,21)14-5-3-4-12(8-14)10-24-11-13(9-22-24)17-23-15-6-1-2-7-16(15)25-17/h1-9,11H,10H2. The highest BCUT2D eigenvalue weighted by Crippen LogP contribution is 2.30. The van der Waals surface area contributed by atoms with Crippen molar-refractivity contribution < 1.29 is 17.6 Å². The van der Waals surface area contributed by atoms with E-state index in [1.165, 1.54) is 6.07 Å². The van der Waals surface area contributed by atoms with Crippen LogP contribution in [0.1, 0.15) is 11.1 Å². The van der Waals surface area contributed by atoms with Crippen LogP contribution in [0, 0.1) is 0 Å². The number of para-hydroxylation sites is 2. The van der Waals surface area contributed by atoms with Crippen molar-refractivity contribution in [3.63, 3.8) is 0 Å². The number of nitrogens with zero attached hydrogens (tertiary/aromatic N) is 3. The van der Waals surface area contributed by atoms with E-state index in [1.54, 1.807) is 23.1 Å². The molecule has 4 nitrogen and oxygen atoms in total. The van der Waals surface area contributed by atoms with Gasteiger partial charge < -0.3 is 4.42 Å². The molecule has 0 aliphatic rings. The molecule has 0 spiro atoms. The first kappa shape index (κ1) is 15.4. The van der Waals surface area contributed by atoms with E-state index >= 15 is 0 Å². The lowest BCUT2D eigenvalue weighted by Gasteiger charge is -2.08. The van der Waals surface area contributed by atoms with Crippen LogP contribution in [-0.4, -0.2) is 14.8 Å². The van der Waals surface area contributed by atoms with Crippen LogP contribution < -0.4 is 0 Å². The summed E-state index contributed by atoms with van der Waals surface area (Å²) in [6.45, 7) is 0.226. The first-order chi connectivity index (χ1) is 12.0. The van der Waals surface area contributed by atoms with Crippen LogP contribution in [0.25, 0.3) is 22.6 Å². The molecule has 25 heavy (non-hydrogen) atoms. The number of hydrogen-bond acceptors (Lipinski definition) is 3. The number of rotatable bonds is 3. The highest BCUT2D eigenvalue weighted by atomic mass is 19.4. The van der Waals surface area contributed by atoms with Crippen molar-refractivity contribution in [2.24, 2.45) is 0 Å². The van der Waals surface area contributed by atoms with E-state index in [0.29, 0.717) is 22.6 Å². The van der Waals surface area contributed by atoms with E-state index in [1.807, 2.05) is 24.3 Å². The maximum Gasteiger partial charge on any atom is 0.416 e. The van der Waals surface area contributed by atoms with Crippen molar-refractivity contribution in [1.29, 1.82) is 0 Å². The van der Waals surface area contributed by atoms with Gasteiger partial charge in [0.2, 0.25) is 5.89 Å². The molecule has 2 heterocycles. The maximum absolute atomic E-state index is 12.8. The number of alkyl halides is 3. The minimum atomic E-state index is -4.36.